The number of hydrogen-bond donors (Lipinski definition) is 0. The third kappa shape index (κ3) is 2.01. The van der Waals surface area contributed by atoms with Gasteiger partial charge in [0.2, 0.25) is 0 Å². The molecule has 0 bridgehead atoms. The quantitative estimate of drug-likeness (QED) is 0.735. The number of halogens is 1. The third-order valence-electron chi connectivity index (χ3n) is 1.89. The summed E-state index contributed by atoms with van der Waals surface area (Å²) in [4.78, 5) is 23.0. The largest absolute Gasteiger partial charge is 0.269 e. The van der Waals surface area contributed by atoms with Gasteiger partial charge in [-0.1, -0.05) is 6.07 Å². The molecule has 2 rings (SSSR count). The van der Waals surface area contributed by atoms with Gasteiger partial charge in [-0.25, -0.2) is 9.35 Å². The first kappa shape index (κ1) is 10.2. The van der Waals surface area contributed by atoms with Crippen LogP contribution in [0.1, 0.15) is 0 Å². The summed E-state index contributed by atoms with van der Waals surface area (Å²) in [6.45, 7) is 0. The fourth-order valence-electron chi connectivity index (χ4n) is 1.22. The predicted octanol–water partition coefficient (Wildman–Crippen LogP) is 0.926. The summed E-state index contributed by atoms with van der Waals surface area (Å²) in [5, 5.41) is 0. The third-order valence-corrected chi connectivity index (χ3v) is 2.53. The van der Waals surface area contributed by atoms with E-state index in [1.807, 2.05) is 0 Å². The fourth-order valence-corrected chi connectivity index (χ4v) is 1.66. The van der Waals surface area contributed by atoms with Crippen LogP contribution in [0, 0.1) is 3.57 Å². The van der Waals surface area contributed by atoms with Crippen LogP contribution in [0.4, 0.5) is 0 Å². The highest BCUT2D eigenvalue weighted by molar-refractivity contribution is 14.1. The van der Waals surface area contributed by atoms with Crippen LogP contribution in [-0.4, -0.2) is 9.35 Å². The number of pyridine rings is 2. The second kappa shape index (κ2) is 4.01. The number of hydrogen-bond acceptors (Lipinski definition) is 2. The van der Waals surface area contributed by atoms with Gasteiger partial charge in [0.15, 0.2) is 0 Å². The summed E-state index contributed by atoms with van der Waals surface area (Å²) in [5.41, 5.74) is -0.467. The van der Waals surface area contributed by atoms with Crippen molar-refractivity contribution in [2.45, 2.75) is 0 Å². The van der Waals surface area contributed by atoms with E-state index in [0.29, 0.717) is 0 Å². The SMILES string of the molecule is O=c1ccccn1-n1cc(I)ccc1=O. The minimum atomic E-state index is -0.235. The van der Waals surface area contributed by atoms with E-state index in [4.69, 9.17) is 0 Å². The van der Waals surface area contributed by atoms with Gasteiger partial charge in [-0.05, 0) is 34.7 Å². The molecule has 0 aliphatic rings. The first-order chi connectivity index (χ1) is 7.18. The molecule has 0 radical (unpaired) electrons. The van der Waals surface area contributed by atoms with Crippen molar-refractivity contribution in [2.24, 2.45) is 0 Å². The lowest BCUT2D eigenvalue weighted by molar-refractivity contribution is 0.602. The van der Waals surface area contributed by atoms with Gasteiger partial charge in [-0.2, -0.15) is 0 Å². The zero-order valence-electron chi connectivity index (χ0n) is 7.63. The van der Waals surface area contributed by atoms with Crippen LogP contribution in [0.2, 0.25) is 0 Å². The monoisotopic (exact) mass is 314 g/mol. The lowest BCUT2D eigenvalue weighted by Crippen LogP contribution is -2.33. The second-order valence-corrected chi connectivity index (χ2v) is 4.16. The van der Waals surface area contributed by atoms with Crippen LogP contribution in [0.5, 0.6) is 0 Å². The van der Waals surface area contributed by atoms with Gasteiger partial charge in [0, 0.05) is 28.1 Å². The molecule has 0 spiro atoms. The van der Waals surface area contributed by atoms with Crippen molar-refractivity contribution >= 4 is 22.6 Å². The average molecular weight is 314 g/mol. The van der Waals surface area contributed by atoms with Crippen molar-refractivity contribution < 1.29 is 0 Å². The zero-order chi connectivity index (χ0) is 10.8. The normalized spacial score (nSPS) is 10.2. The lowest BCUT2D eigenvalue weighted by atomic mass is 10.5. The topological polar surface area (TPSA) is 44.0 Å². The van der Waals surface area contributed by atoms with E-state index in [1.165, 1.54) is 21.5 Å². The molecular weight excluding hydrogens is 307 g/mol. The highest BCUT2D eigenvalue weighted by atomic mass is 127. The van der Waals surface area contributed by atoms with E-state index in [1.54, 1.807) is 30.6 Å². The van der Waals surface area contributed by atoms with Gasteiger partial charge < -0.3 is 0 Å². The van der Waals surface area contributed by atoms with E-state index in [9.17, 15) is 9.59 Å². The van der Waals surface area contributed by atoms with Gasteiger partial charge in [0.05, 0.1) is 0 Å². The summed E-state index contributed by atoms with van der Waals surface area (Å²) in [6.07, 6.45) is 3.17. The van der Waals surface area contributed by atoms with E-state index >= 15 is 0 Å². The van der Waals surface area contributed by atoms with Crippen molar-refractivity contribution in [3.05, 3.63) is 67.0 Å². The molecule has 0 aliphatic heterocycles. The van der Waals surface area contributed by atoms with Gasteiger partial charge in [0.25, 0.3) is 11.1 Å². The van der Waals surface area contributed by atoms with Crippen LogP contribution in [0.3, 0.4) is 0 Å². The number of aromatic nitrogens is 2. The van der Waals surface area contributed by atoms with Crippen molar-refractivity contribution in [1.82, 2.24) is 9.35 Å². The van der Waals surface area contributed by atoms with Gasteiger partial charge in [-0.3, -0.25) is 9.59 Å². The van der Waals surface area contributed by atoms with Gasteiger partial charge in [0.1, 0.15) is 0 Å². The summed E-state index contributed by atoms with van der Waals surface area (Å²) < 4.78 is 3.44. The molecule has 2 aromatic rings. The zero-order valence-corrected chi connectivity index (χ0v) is 9.79. The molecule has 0 unspecified atom stereocenters. The molecule has 0 aliphatic carbocycles. The van der Waals surface area contributed by atoms with E-state index in [0.717, 1.165) is 3.57 Å². The minimum Gasteiger partial charge on any atom is -0.267 e. The van der Waals surface area contributed by atoms with Crippen LogP contribution in [-0.2, 0) is 0 Å². The molecule has 2 aromatic heterocycles. The molecule has 0 saturated carbocycles. The van der Waals surface area contributed by atoms with Crippen molar-refractivity contribution in [2.75, 3.05) is 0 Å². The highest BCUT2D eigenvalue weighted by Crippen LogP contribution is 1.99. The van der Waals surface area contributed by atoms with Gasteiger partial charge >= 0.3 is 0 Å². The molecule has 0 fully saturated rings. The Labute approximate surface area is 98.9 Å². The molecule has 0 aromatic carbocycles. The first-order valence-corrected chi connectivity index (χ1v) is 5.33. The second-order valence-electron chi connectivity index (χ2n) is 2.91. The van der Waals surface area contributed by atoms with Crippen LogP contribution < -0.4 is 11.1 Å². The molecular formula is C10H7IN2O2. The maximum atomic E-state index is 11.5. The molecule has 0 N–H and O–H groups in total. The van der Waals surface area contributed by atoms with Crippen molar-refractivity contribution in [1.29, 1.82) is 0 Å². The molecule has 0 atom stereocenters. The van der Waals surface area contributed by atoms with Crippen LogP contribution >= 0.6 is 22.6 Å². The summed E-state index contributed by atoms with van der Waals surface area (Å²) >= 11 is 2.09. The number of nitrogens with zero attached hydrogens (tertiary/aromatic N) is 2. The Bertz CT molecular complexity index is 601. The highest BCUT2D eigenvalue weighted by Gasteiger charge is 1.99. The average Bonchev–Trinajstić information content (AvgIpc) is 2.23. The fraction of sp³-hybridized carbons (Fsp3) is 0. The predicted molar refractivity (Wildman–Crippen MR) is 64.9 cm³/mol. The van der Waals surface area contributed by atoms with Crippen LogP contribution in [0.15, 0.2) is 52.3 Å². The Morgan fingerprint density at radius 2 is 1.67 bits per heavy atom. The summed E-state index contributed by atoms with van der Waals surface area (Å²) in [5.74, 6) is 0. The lowest BCUT2D eigenvalue weighted by Gasteiger charge is -2.07. The Hall–Kier alpha value is -1.37. The molecule has 15 heavy (non-hydrogen) atoms. The molecule has 2 heterocycles. The van der Waals surface area contributed by atoms with E-state index in [2.05, 4.69) is 22.6 Å². The number of rotatable bonds is 1. The molecule has 0 saturated heterocycles. The maximum absolute atomic E-state index is 11.5. The van der Waals surface area contributed by atoms with Gasteiger partial charge in [-0.15, -0.1) is 0 Å². The first-order valence-electron chi connectivity index (χ1n) is 4.25. The Morgan fingerprint density at radius 3 is 2.40 bits per heavy atom. The van der Waals surface area contributed by atoms with E-state index in [-0.39, 0.29) is 11.1 Å². The minimum absolute atomic E-state index is 0.233. The standard InChI is InChI=1S/C10H7IN2O2/c11-8-4-5-10(15)13(7-8)12-6-2-1-3-9(12)14/h1-7H. The molecule has 76 valence electrons. The van der Waals surface area contributed by atoms with Crippen molar-refractivity contribution in [3.63, 3.8) is 0 Å². The summed E-state index contributed by atoms with van der Waals surface area (Å²) in [7, 11) is 0. The molecule has 4 nitrogen and oxygen atoms in total. The molecule has 0 amide bonds. The van der Waals surface area contributed by atoms with Crippen LogP contribution in [0.25, 0.3) is 0 Å². The maximum Gasteiger partial charge on any atom is 0.269 e. The van der Waals surface area contributed by atoms with Crippen molar-refractivity contribution in [3.8, 4) is 0 Å². The smallest absolute Gasteiger partial charge is 0.267 e. The Kier molecular flexibility index (Phi) is 2.72. The summed E-state index contributed by atoms with van der Waals surface area (Å²) in [6, 6.07) is 7.88. The Balaban J connectivity index is 2.75. The Morgan fingerprint density at radius 1 is 0.933 bits per heavy atom. The molecule has 5 heteroatoms. The van der Waals surface area contributed by atoms with E-state index < -0.39 is 0 Å².